The third kappa shape index (κ3) is 2.75. The average Bonchev–Trinajstić information content (AvgIpc) is 2.60. The molecule has 1 rings (SSSR count). The summed E-state index contributed by atoms with van der Waals surface area (Å²) in [6.45, 7) is 6.09. The highest BCUT2D eigenvalue weighted by Gasteiger charge is 2.22. The molecule has 1 N–H and O–H groups in total. The molecule has 0 aromatic carbocycles. The lowest BCUT2D eigenvalue weighted by atomic mass is 9.86. The molecule has 1 heterocycles. The van der Waals surface area contributed by atoms with Crippen molar-refractivity contribution in [2.75, 3.05) is 11.2 Å². The van der Waals surface area contributed by atoms with Gasteiger partial charge in [0.1, 0.15) is 17.0 Å². The van der Waals surface area contributed by atoms with Crippen molar-refractivity contribution >= 4 is 33.8 Å². The van der Waals surface area contributed by atoms with Gasteiger partial charge in [-0.3, -0.25) is 4.79 Å². The molecule has 0 spiro atoms. The molecule has 1 aromatic heterocycles. The number of nitrogens with zero attached hydrogens (tertiary/aromatic N) is 1. The Kier molecular flexibility index (Phi) is 3.95. The van der Waals surface area contributed by atoms with Gasteiger partial charge in [-0.2, -0.15) is 5.26 Å². The molecule has 5 heteroatoms. The summed E-state index contributed by atoms with van der Waals surface area (Å²) < 4.78 is 0. The van der Waals surface area contributed by atoms with Crippen LogP contribution in [-0.2, 0) is 10.2 Å². The average molecular weight is 257 g/mol. The fourth-order valence-electron chi connectivity index (χ4n) is 1.27. The van der Waals surface area contributed by atoms with E-state index < -0.39 is 0 Å². The van der Waals surface area contributed by atoms with Crippen LogP contribution in [0.2, 0.25) is 0 Å². The first-order valence-corrected chi connectivity index (χ1v) is 6.19. The van der Waals surface area contributed by atoms with Crippen LogP contribution in [-0.4, -0.2) is 11.8 Å². The molecule has 0 aliphatic carbocycles. The molecule has 0 unspecified atom stereocenters. The SMILES string of the molecule is CC(C)(C)c1csc(NC(=O)CCl)c1C#N. The molecular formula is C11H13ClN2OS. The molecule has 0 saturated heterocycles. The molecule has 86 valence electrons. The predicted molar refractivity (Wildman–Crippen MR) is 67.1 cm³/mol. The number of nitrogens with one attached hydrogen (secondary N) is 1. The summed E-state index contributed by atoms with van der Waals surface area (Å²) in [5, 5.41) is 14.2. The zero-order valence-corrected chi connectivity index (χ0v) is 11.0. The number of halogens is 1. The Balaban J connectivity index is 3.11. The van der Waals surface area contributed by atoms with Gasteiger partial charge in [0.05, 0.1) is 5.56 Å². The maximum absolute atomic E-state index is 11.2. The molecule has 0 atom stereocenters. The van der Waals surface area contributed by atoms with E-state index >= 15 is 0 Å². The number of hydrogen-bond donors (Lipinski definition) is 1. The van der Waals surface area contributed by atoms with E-state index in [-0.39, 0.29) is 17.2 Å². The van der Waals surface area contributed by atoms with E-state index in [1.165, 1.54) is 11.3 Å². The van der Waals surface area contributed by atoms with Crippen LogP contribution < -0.4 is 5.32 Å². The number of anilines is 1. The summed E-state index contributed by atoms with van der Waals surface area (Å²) in [6, 6.07) is 2.13. The van der Waals surface area contributed by atoms with E-state index in [9.17, 15) is 4.79 Å². The zero-order chi connectivity index (χ0) is 12.3. The van der Waals surface area contributed by atoms with E-state index in [2.05, 4.69) is 11.4 Å². The Bertz CT molecular complexity index is 440. The molecule has 0 aliphatic heterocycles. The molecule has 16 heavy (non-hydrogen) atoms. The van der Waals surface area contributed by atoms with Crippen molar-refractivity contribution < 1.29 is 4.79 Å². The van der Waals surface area contributed by atoms with E-state index in [0.29, 0.717) is 10.6 Å². The summed E-state index contributed by atoms with van der Waals surface area (Å²) >= 11 is 6.76. The molecule has 0 saturated carbocycles. The van der Waals surface area contributed by atoms with Gasteiger partial charge < -0.3 is 5.32 Å². The highest BCUT2D eigenvalue weighted by Crippen LogP contribution is 2.35. The van der Waals surface area contributed by atoms with Crippen molar-refractivity contribution in [2.24, 2.45) is 0 Å². The second-order valence-corrected chi connectivity index (χ2v) is 5.54. The summed E-state index contributed by atoms with van der Waals surface area (Å²) in [6.07, 6.45) is 0. The Labute approximate surface area is 104 Å². The Morgan fingerprint density at radius 1 is 1.62 bits per heavy atom. The predicted octanol–water partition coefficient (Wildman–Crippen LogP) is 3.09. The summed E-state index contributed by atoms with van der Waals surface area (Å²) in [4.78, 5) is 11.2. The minimum atomic E-state index is -0.291. The van der Waals surface area contributed by atoms with Crippen LogP contribution in [0.3, 0.4) is 0 Å². The van der Waals surface area contributed by atoms with Gasteiger partial charge in [0.25, 0.3) is 0 Å². The van der Waals surface area contributed by atoms with E-state index in [0.717, 1.165) is 5.56 Å². The lowest BCUT2D eigenvalue weighted by molar-refractivity contribution is -0.113. The second kappa shape index (κ2) is 4.86. The Hall–Kier alpha value is -1.05. The fourth-order valence-corrected chi connectivity index (χ4v) is 2.49. The first-order chi connectivity index (χ1) is 7.40. The van der Waals surface area contributed by atoms with Gasteiger partial charge >= 0.3 is 0 Å². The van der Waals surface area contributed by atoms with E-state index in [4.69, 9.17) is 16.9 Å². The molecule has 0 bridgehead atoms. The standard InChI is InChI=1S/C11H13ClN2OS/c1-11(2,3)8-6-16-10(7(8)5-13)14-9(15)4-12/h6H,4H2,1-3H3,(H,14,15). The normalized spacial score (nSPS) is 10.9. The number of thiophene rings is 1. The largest absolute Gasteiger partial charge is 0.316 e. The third-order valence-electron chi connectivity index (χ3n) is 2.09. The van der Waals surface area contributed by atoms with Crippen molar-refractivity contribution in [1.82, 2.24) is 0 Å². The number of nitriles is 1. The number of rotatable bonds is 2. The quantitative estimate of drug-likeness (QED) is 0.827. The molecular weight excluding hydrogens is 244 g/mol. The molecule has 1 aromatic rings. The topological polar surface area (TPSA) is 52.9 Å². The Morgan fingerprint density at radius 3 is 2.69 bits per heavy atom. The maximum atomic E-state index is 11.2. The van der Waals surface area contributed by atoms with Crippen LogP contribution in [0.5, 0.6) is 0 Å². The van der Waals surface area contributed by atoms with Gasteiger partial charge in [-0.1, -0.05) is 20.8 Å². The van der Waals surface area contributed by atoms with Gasteiger partial charge in [0.2, 0.25) is 5.91 Å². The van der Waals surface area contributed by atoms with Crippen LogP contribution in [0.4, 0.5) is 5.00 Å². The first-order valence-electron chi connectivity index (χ1n) is 4.78. The van der Waals surface area contributed by atoms with Crippen LogP contribution >= 0.6 is 22.9 Å². The van der Waals surface area contributed by atoms with Crippen molar-refractivity contribution in [3.05, 3.63) is 16.5 Å². The zero-order valence-electron chi connectivity index (χ0n) is 9.43. The molecule has 0 fully saturated rings. The first kappa shape index (κ1) is 13.0. The summed E-state index contributed by atoms with van der Waals surface area (Å²) in [5.41, 5.74) is 1.38. The molecule has 0 radical (unpaired) electrons. The van der Waals surface area contributed by atoms with Crippen LogP contribution in [0.15, 0.2) is 5.38 Å². The van der Waals surface area contributed by atoms with Gasteiger partial charge in [-0.15, -0.1) is 22.9 Å². The highest BCUT2D eigenvalue weighted by atomic mass is 35.5. The summed E-state index contributed by atoms with van der Waals surface area (Å²) in [5.74, 6) is -0.395. The van der Waals surface area contributed by atoms with E-state index in [1.807, 2.05) is 26.2 Å². The third-order valence-corrected chi connectivity index (χ3v) is 3.22. The summed E-state index contributed by atoms with van der Waals surface area (Å²) in [7, 11) is 0. The van der Waals surface area contributed by atoms with Crippen molar-refractivity contribution in [2.45, 2.75) is 26.2 Å². The van der Waals surface area contributed by atoms with Crippen molar-refractivity contribution in [3.8, 4) is 6.07 Å². The van der Waals surface area contributed by atoms with Gasteiger partial charge in [-0.25, -0.2) is 0 Å². The van der Waals surface area contributed by atoms with Crippen molar-refractivity contribution in [1.29, 1.82) is 5.26 Å². The fraction of sp³-hybridized carbons (Fsp3) is 0.455. The molecule has 0 aliphatic rings. The van der Waals surface area contributed by atoms with Crippen LogP contribution in [0, 0.1) is 11.3 Å². The number of alkyl halides is 1. The maximum Gasteiger partial charge on any atom is 0.239 e. The highest BCUT2D eigenvalue weighted by molar-refractivity contribution is 7.14. The van der Waals surface area contributed by atoms with Gasteiger partial charge in [0, 0.05) is 0 Å². The number of carbonyl (C=O) groups is 1. The lowest BCUT2D eigenvalue weighted by Crippen LogP contribution is -2.14. The Morgan fingerprint density at radius 2 is 2.25 bits per heavy atom. The molecule has 3 nitrogen and oxygen atoms in total. The monoisotopic (exact) mass is 256 g/mol. The van der Waals surface area contributed by atoms with E-state index in [1.54, 1.807) is 0 Å². The van der Waals surface area contributed by atoms with Crippen LogP contribution in [0.25, 0.3) is 0 Å². The van der Waals surface area contributed by atoms with Gasteiger partial charge in [-0.05, 0) is 16.4 Å². The number of carbonyl (C=O) groups excluding carboxylic acids is 1. The smallest absolute Gasteiger partial charge is 0.239 e. The number of amides is 1. The number of hydrogen-bond acceptors (Lipinski definition) is 3. The minimum Gasteiger partial charge on any atom is -0.316 e. The van der Waals surface area contributed by atoms with Gasteiger partial charge in [0.15, 0.2) is 0 Å². The van der Waals surface area contributed by atoms with Crippen LogP contribution in [0.1, 0.15) is 31.9 Å². The van der Waals surface area contributed by atoms with Crippen molar-refractivity contribution in [3.63, 3.8) is 0 Å². The second-order valence-electron chi connectivity index (χ2n) is 4.40. The lowest BCUT2D eigenvalue weighted by Gasteiger charge is -2.17. The molecule has 1 amide bonds. The minimum absolute atomic E-state index is 0.104.